The van der Waals surface area contributed by atoms with Gasteiger partial charge in [-0.1, -0.05) is 30.3 Å². The lowest BCUT2D eigenvalue weighted by Crippen LogP contribution is -2.31. The fraction of sp³-hybridized carbons (Fsp3) is 0.300. The van der Waals surface area contributed by atoms with E-state index in [0.717, 1.165) is 0 Å². The number of rotatable bonds is 4. The van der Waals surface area contributed by atoms with Gasteiger partial charge >= 0.3 is 5.97 Å². The molecule has 2 unspecified atom stereocenters. The second kappa shape index (κ2) is 4.72. The molecule has 0 radical (unpaired) electrons. The van der Waals surface area contributed by atoms with Gasteiger partial charge in [0.05, 0.1) is 0 Å². The molecule has 0 amide bonds. The maximum absolute atomic E-state index is 13.4. The Morgan fingerprint density at radius 2 is 2.00 bits per heavy atom. The highest BCUT2D eigenvalue weighted by molar-refractivity contribution is 5.73. The maximum atomic E-state index is 13.4. The predicted molar refractivity (Wildman–Crippen MR) is 50.5 cm³/mol. The normalized spacial score (nSPS) is 14.7. The lowest BCUT2D eigenvalue weighted by atomic mass is 10.0. The monoisotopic (exact) mass is 197 g/mol. The molecule has 3 N–H and O–H groups in total. The molecule has 1 rings (SSSR count). The van der Waals surface area contributed by atoms with E-state index in [2.05, 4.69) is 0 Å². The van der Waals surface area contributed by atoms with Gasteiger partial charge < -0.3 is 10.8 Å². The molecule has 0 aliphatic carbocycles. The van der Waals surface area contributed by atoms with Crippen molar-refractivity contribution in [1.29, 1.82) is 0 Å². The van der Waals surface area contributed by atoms with Crippen molar-refractivity contribution < 1.29 is 14.3 Å². The van der Waals surface area contributed by atoms with E-state index in [1.807, 2.05) is 0 Å². The van der Waals surface area contributed by atoms with Gasteiger partial charge in [0.2, 0.25) is 0 Å². The molecule has 0 aromatic heterocycles. The Morgan fingerprint density at radius 1 is 1.43 bits per heavy atom. The molecule has 0 aliphatic heterocycles. The smallest absolute Gasteiger partial charge is 0.320 e. The first-order chi connectivity index (χ1) is 6.61. The number of carbonyl (C=O) groups is 1. The van der Waals surface area contributed by atoms with Crippen LogP contribution >= 0.6 is 0 Å². The number of hydrogen-bond acceptors (Lipinski definition) is 2. The van der Waals surface area contributed by atoms with E-state index in [-0.39, 0.29) is 6.42 Å². The number of aliphatic carboxylic acids is 1. The Bertz CT molecular complexity index is 302. The number of halogens is 1. The lowest BCUT2D eigenvalue weighted by molar-refractivity contribution is -0.139. The minimum absolute atomic E-state index is 0.195. The number of hydrogen-bond donors (Lipinski definition) is 2. The third-order valence-electron chi connectivity index (χ3n) is 1.94. The van der Waals surface area contributed by atoms with Crippen LogP contribution < -0.4 is 5.73 Å². The first kappa shape index (κ1) is 10.7. The maximum Gasteiger partial charge on any atom is 0.320 e. The summed E-state index contributed by atoms with van der Waals surface area (Å²) in [5, 5.41) is 8.49. The quantitative estimate of drug-likeness (QED) is 0.768. The average molecular weight is 197 g/mol. The molecular weight excluding hydrogens is 185 g/mol. The highest BCUT2D eigenvalue weighted by atomic mass is 19.1. The summed E-state index contributed by atoms with van der Waals surface area (Å²) in [5.41, 5.74) is 5.68. The summed E-state index contributed by atoms with van der Waals surface area (Å²) in [4.78, 5) is 10.4. The largest absolute Gasteiger partial charge is 0.480 e. The number of alkyl halides is 1. The average Bonchev–Trinajstić information content (AvgIpc) is 2.19. The molecule has 0 saturated heterocycles. The summed E-state index contributed by atoms with van der Waals surface area (Å²) in [7, 11) is 0. The molecule has 4 heteroatoms. The van der Waals surface area contributed by atoms with Crippen LogP contribution in [0.3, 0.4) is 0 Å². The van der Waals surface area contributed by atoms with Gasteiger partial charge in [-0.15, -0.1) is 0 Å². The molecule has 14 heavy (non-hydrogen) atoms. The molecule has 0 saturated carbocycles. The van der Waals surface area contributed by atoms with E-state index >= 15 is 0 Å². The van der Waals surface area contributed by atoms with Gasteiger partial charge in [-0.3, -0.25) is 4.79 Å². The molecule has 2 atom stereocenters. The van der Waals surface area contributed by atoms with Crippen LogP contribution in [-0.4, -0.2) is 17.1 Å². The topological polar surface area (TPSA) is 63.3 Å². The van der Waals surface area contributed by atoms with Gasteiger partial charge in [0, 0.05) is 6.42 Å². The van der Waals surface area contributed by atoms with Crippen molar-refractivity contribution in [2.75, 3.05) is 0 Å². The van der Waals surface area contributed by atoms with Crippen LogP contribution in [0.1, 0.15) is 18.2 Å². The minimum Gasteiger partial charge on any atom is -0.480 e. The predicted octanol–water partition coefficient (Wildman–Crippen LogP) is 1.50. The second-order valence-corrected chi connectivity index (χ2v) is 3.06. The second-order valence-electron chi connectivity index (χ2n) is 3.06. The Labute approximate surface area is 81.4 Å². The van der Waals surface area contributed by atoms with Crippen molar-refractivity contribution in [2.45, 2.75) is 18.6 Å². The zero-order valence-electron chi connectivity index (χ0n) is 7.56. The van der Waals surface area contributed by atoms with E-state index in [4.69, 9.17) is 10.8 Å². The van der Waals surface area contributed by atoms with Crippen LogP contribution in [0, 0.1) is 0 Å². The Morgan fingerprint density at radius 3 is 2.50 bits per heavy atom. The lowest BCUT2D eigenvalue weighted by Gasteiger charge is -2.11. The van der Waals surface area contributed by atoms with Gasteiger partial charge in [0.15, 0.2) is 0 Å². The van der Waals surface area contributed by atoms with Gasteiger partial charge in [0.1, 0.15) is 12.2 Å². The highest BCUT2D eigenvalue weighted by Gasteiger charge is 2.19. The van der Waals surface area contributed by atoms with E-state index in [9.17, 15) is 9.18 Å². The first-order valence-corrected chi connectivity index (χ1v) is 4.28. The Hall–Kier alpha value is -1.42. The summed E-state index contributed by atoms with van der Waals surface area (Å²) < 4.78 is 13.4. The Kier molecular flexibility index (Phi) is 3.59. The number of carboxylic acids is 1. The summed E-state index contributed by atoms with van der Waals surface area (Å²) in [5.74, 6) is -1.18. The fourth-order valence-corrected chi connectivity index (χ4v) is 1.12. The third-order valence-corrected chi connectivity index (χ3v) is 1.94. The zero-order valence-corrected chi connectivity index (χ0v) is 7.56. The van der Waals surface area contributed by atoms with Crippen LogP contribution in [-0.2, 0) is 4.79 Å². The molecule has 0 bridgehead atoms. The Balaban J connectivity index is 2.59. The molecule has 76 valence electrons. The van der Waals surface area contributed by atoms with E-state index < -0.39 is 18.2 Å². The van der Waals surface area contributed by atoms with Crippen LogP contribution in [0.5, 0.6) is 0 Å². The first-order valence-electron chi connectivity index (χ1n) is 4.28. The molecule has 0 heterocycles. The van der Waals surface area contributed by atoms with Gasteiger partial charge in [-0.25, -0.2) is 4.39 Å². The summed E-state index contributed by atoms with van der Waals surface area (Å²) in [6, 6.07) is 7.25. The van der Waals surface area contributed by atoms with Crippen LogP contribution in [0.2, 0.25) is 0 Å². The van der Waals surface area contributed by atoms with Crippen molar-refractivity contribution in [3.05, 3.63) is 35.9 Å². The number of benzene rings is 1. The highest BCUT2D eigenvalue weighted by Crippen LogP contribution is 2.21. The number of carboxylic acid groups (broad SMARTS) is 1. The van der Waals surface area contributed by atoms with Crippen molar-refractivity contribution in [3.63, 3.8) is 0 Å². The molecule has 0 fully saturated rings. The van der Waals surface area contributed by atoms with Gasteiger partial charge in [-0.05, 0) is 5.56 Å². The van der Waals surface area contributed by atoms with Gasteiger partial charge in [-0.2, -0.15) is 0 Å². The number of nitrogens with two attached hydrogens (primary N) is 1. The fourth-order valence-electron chi connectivity index (χ4n) is 1.12. The molecular formula is C10H12FNO2. The molecule has 0 aliphatic rings. The SMILES string of the molecule is NC(CC(F)c1ccccc1)C(=O)O. The van der Waals surface area contributed by atoms with Crippen LogP contribution in [0.15, 0.2) is 30.3 Å². The van der Waals surface area contributed by atoms with Crippen molar-refractivity contribution >= 4 is 5.97 Å². The zero-order chi connectivity index (χ0) is 10.6. The summed E-state index contributed by atoms with van der Waals surface area (Å²) in [6.07, 6.45) is -1.51. The minimum atomic E-state index is -1.32. The summed E-state index contributed by atoms with van der Waals surface area (Å²) >= 11 is 0. The van der Waals surface area contributed by atoms with Crippen LogP contribution in [0.4, 0.5) is 4.39 Å². The molecule has 1 aromatic carbocycles. The van der Waals surface area contributed by atoms with Crippen molar-refractivity contribution in [3.8, 4) is 0 Å². The molecule has 1 aromatic rings. The third kappa shape index (κ3) is 2.81. The van der Waals surface area contributed by atoms with E-state index in [1.165, 1.54) is 0 Å². The van der Waals surface area contributed by atoms with Gasteiger partial charge in [0.25, 0.3) is 0 Å². The van der Waals surface area contributed by atoms with Crippen molar-refractivity contribution in [2.24, 2.45) is 5.73 Å². The molecule has 0 spiro atoms. The standard InChI is InChI=1S/C10H12FNO2/c11-8(6-9(12)10(13)14)7-4-2-1-3-5-7/h1-5,8-9H,6,12H2,(H,13,14). The van der Waals surface area contributed by atoms with Crippen molar-refractivity contribution in [1.82, 2.24) is 0 Å². The molecule has 3 nitrogen and oxygen atoms in total. The summed E-state index contributed by atoms with van der Waals surface area (Å²) in [6.45, 7) is 0. The van der Waals surface area contributed by atoms with E-state index in [0.29, 0.717) is 5.56 Å². The van der Waals surface area contributed by atoms with Crippen LogP contribution in [0.25, 0.3) is 0 Å². The van der Waals surface area contributed by atoms with E-state index in [1.54, 1.807) is 30.3 Å².